The number of nitrogens with zero attached hydrogens (tertiary/aromatic N) is 3. The molecule has 222 valence electrons. The summed E-state index contributed by atoms with van der Waals surface area (Å²) in [7, 11) is 1.92. The van der Waals surface area contributed by atoms with Crippen LogP contribution < -0.4 is 5.32 Å². The predicted octanol–water partition coefficient (Wildman–Crippen LogP) is 1.55. The maximum absolute atomic E-state index is 13.9. The van der Waals surface area contributed by atoms with Crippen LogP contribution in [-0.4, -0.2) is 116 Å². The number of rotatable bonds is 8. The summed E-state index contributed by atoms with van der Waals surface area (Å²) in [5, 5.41) is 35.1. The van der Waals surface area contributed by atoms with Crippen molar-refractivity contribution in [3.8, 4) is 11.1 Å². The van der Waals surface area contributed by atoms with Crippen LogP contribution in [0.25, 0.3) is 11.1 Å². The Kier molecular flexibility index (Phi) is 10.0. The predicted molar refractivity (Wildman–Crippen MR) is 158 cm³/mol. The molecule has 2 saturated heterocycles. The summed E-state index contributed by atoms with van der Waals surface area (Å²) in [6, 6.07) is 6.78. The Balaban J connectivity index is 1.38. The molecule has 10 nitrogen and oxygen atoms in total. The zero-order chi connectivity index (χ0) is 29.1. The molecule has 0 radical (unpaired) electrons. The van der Waals surface area contributed by atoms with Crippen LogP contribution in [0.1, 0.15) is 13.3 Å². The van der Waals surface area contributed by atoms with Gasteiger partial charge in [0.15, 0.2) is 0 Å². The number of amides is 1. The van der Waals surface area contributed by atoms with Gasteiger partial charge in [0.05, 0.1) is 18.8 Å². The molecule has 3 unspecified atom stereocenters. The fraction of sp³-hybridized carbons (Fsp3) is 0.552. The smallest absolute Gasteiger partial charge is 0.240 e. The van der Waals surface area contributed by atoms with E-state index in [2.05, 4.69) is 21.4 Å². The van der Waals surface area contributed by atoms with Gasteiger partial charge in [-0.25, -0.2) is 9.97 Å². The Morgan fingerprint density at radius 3 is 2.51 bits per heavy atom. The molecule has 3 aliphatic rings. The molecule has 1 amide bonds. The van der Waals surface area contributed by atoms with E-state index in [-0.39, 0.29) is 23.2 Å². The highest BCUT2D eigenvalue weighted by Gasteiger charge is 2.50. The van der Waals surface area contributed by atoms with Gasteiger partial charge in [-0.05, 0) is 37.4 Å². The number of allylic oxidation sites excluding steroid dienone is 1. The molecule has 41 heavy (non-hydrogen) atoms. The van der Waals surface area contributed by atoms with Gasteiger partial charge in [0.2, 0.25) is 5.91 Å². The lowest BCUT2D eigenvalue weighted by Gasteiger charge is -2.45. The van der Waals surface area contributed by atoms with Crippen LogP contribution >= 0.6 is 23.5 Å². The summed E-state index contributed by atoms with van der Waals surface area (Å²) in [6.07, 6.45) is 6.47. The van der Waals surface area contributed by atoms with E-state index < -0.39 is 41.9 Å². The Hall–Kier alpha value is -2.03. The number of aliphatic hydroxyl groups is 3. The molecule has 0 saturated carbocycles. The van der Waals surface area contributed by atoms with Gasteiger partial charge in [-0.1, -0.05) is 31.2 Å². The summed E-state index contributed by atoms with van der Waals surface area (Å²) in [5.74, 6) is -0.00136. The number of hydrogen-bond donors (Lipinski definition) is 4. The number of thioether (sulfide) groups is 2. The first-order valence-corrected chi connectivity index (χ1v) is 16.0. The fourth-order valence-electron chi connectivity index (χ4n) is 5.93. The van der Waals surface area contributed by atoms with Gasteiger partial charge in [-0.15, -0.1) is 23.5 Å². The number of hydrogen-bond acceptors (Lipinski definition) is 11. The van der Waals surface area contributed by atoms with Crippen molar-refractivity contribution in [1.29, 1.82) is 0 Å². The lowest BCUT2D eigenvalue weighted by Crippen LogP contribution is -2.65. The number of carbonyl (C=O) groups excluding carboxylic acids is 1. The molecule has 10 atom stereocenters. The van der Waals surface area contributed by atoms with Crippen LogP contribution in [0.2, 0.25) is 0 Å². The standard InChI is InChI=1S/C29H38N4O6S2/c1-16(41-20-9-7-17(8-10-20)19-12-30-15-31-13-19)21(27-24(35)23(34)25(36)29(39-27)40-3)32-28(37)22-26-18(14-33(22)2)6-4-5-11-38-26/h4-5,7-10,12-13,15-16,18,21-27,29,34-36H,6,11,14H2,1-3H3,(H,32,37)/t16-,18-,21+,22-,23?,24?,25+,26+,27+,29?/m0/s1. The van der Waals surface area contributed by atoms with E-state index >= 15 is 0 Å². The molecule has 0 spiro atoms. The first kappa shape index (κ1) is 30.4. The maximum atomic E-state index is 13.9. The second-order valence-electron chi connectivity index (χ2n) is 10.8. The Morgan fingerprint density at radius 2 is 1.80 bits per heavy atom. The first-order chi connectivity index (χ1) is 19.8. The summed E-state index contributed by atoms with van der Waals surface area (Å²) in [6.45, 7) is 3.16. The van der Waals surface area contributed by atoms with Crippen molar-refractivity contribution in [2.45, 2.75) is 71.5 Å². The summed E-state index contributed by atoms with van der Waals surface area (Å²) < 4.78 is 12.2. The third-order valence-electron chi connectivity index (χ3n) is 8.11. The van der Waals surface area contributed by atoms with Gasteiger partial charge in [0.1, 0.15) is 42.2 Å². The minimum absolute atomic E-state index is 0.211. The molecule has 4 N–H and O–H groups in total. The summed E-state index contributed by atoms with van der Waals surface area (Å²) in [4.78, 5) is 25.1. The van der Waals surface area contributed by atoms with Gasteiger partial charge in [-0.3, -0.25) is 9.69 Å². The van der Waals surface area contributed by atoms with Crippen molar-refractivity contribution < 1.29 is 29.6 Å². The van der Waals surface area contributed by atoms with Crippen molar-refractivity contribution in [1.82, 2.24) is 20.2 Å². The largest absolute Gasteiger partial charge is 0.388 e. The van der Waals surface area contributed by atoms with Gasteiger partial charge < -0.3 is 30.1 Å². The molecule has 2 aromatic rings. The van der Waals surface area contributed by atoms with E-state index in [9.17, 15) is 20.1 Å². The van der Waals surface area contributed by atoms with Gasteiger partial charge in [0.25, 0.3) is 0 Å². The van der Waals surface area contributed by atoms with Crippen molar-refractivity contribution in [3.63, 3.8) is 0 Å². The van der Waals surface area contributed by atoms with Crippen molar-refractivity contribution >= 4 is 29.4 Å². The number of likely N-dealkylation sites (N-methyl/N-ethyl adjacent to an activating group) is 1. The van der Waals surface area contributed by atoms with Crippen molar-refractivity contribution in [2.75, 3.05) is 26.5 Å². The van der Waals surface area contributed by atoms with E-state index in [1.165, 1.54) is 29.9 Å². The average molecular weight is 603 g/mol. The number of nitrogens with one attached hydrogen (secondary N) is 1. The normalized spacial score (nSPS) is 33.5. The highest BCUT2D eigenvalue weighted by Crippen LogP contribution is 2.35. The topological polar surface area (TPSA) is 137 Å². The average Bonchev–Trinajstić information content (AvgIpc) is 3.13. The van der Waals surface area contributed by atoms with E-state index in [1.54, 1.807) is 18.6 Å². The molecule has 0 aliphatic carbocycles. The monoisotopic (exact) mass is 602 g/mol. The second kappa shape index (κ2) is 13.5. The Morgan fingerprint density at radius 1 is 1.07 bits per heavy atom. The van der Waals surface area contributed by atoms with Crippen LogP contribution in [-0.2, 0) is 14.3 Å². The SMILES string of the molecule is CSC1O[C@H]([C@H](NC(=O)[C@@H]2[C@@H]3OCC=CC[C@H]3CN2C)[C@H](C)Sc2ccc(-c3cncnc3)cc2)C(O)C(O)[C@H]1O. The maximum Gasteiger partial charge on any atom is 0.240 e. The molecule has 3 aliphatic heterocycles. The van der Waals surface area contributed by atoms with E-state index in [1.807, 2.05) is 49.2 Å². The van der Waals surface area contributed by atoms with Crippen molar-refractivity contribution in [3.05, 3.63) is 55.1 Å². The Labute approximate surface area is 248 Å². The van der Waals surface area contributed by atoms with Crippen LogP contribution in [0, 0.1) is 5.92 Å². The number of likely N-dealkylation sites (tertiary alicyclic amines) is 1. The minimum atomic E-state index is -1.41. The van der Waals surface area contributed by atoms with E-state index in [0.29, 0.717) is 6.61 Å². The summed E-state index contributed by atoms with van der Waals surface area (Å²) in [5.41, 5.74) is 1.14. The molecule has 1 aromatic carbocycles. The Bertz CT molecular complexity index is 1190. The number of aliphatic hydroxyl groups excluding tert-OH is 3. The molecule has 0 bridgehead atoms. The molecular formula is C29H38N4O6S2. The molecular weight excluding hydrogens is 564 g/mol. The van der Waals surface area contributed by atoms with Gasteiger partial charge >= 0.3 is 0 Å². The molecule has 1 aromatic heterocycles. The highest BCUT2D eigenvalue weighted by atomic mass is 32.2. The molecule has 5 rings (SSSR count). The third-order valence-corrected chi connectivity index (χ3v) is 10.2. The van der Waals surface area contributed by atoms with Crippen molar-refractivity contribution in [2.24, 2.45) is 5.92 Å². The number of fused-ring (bicyclic) bond motifs is 1. The van der Waals surface area contributed by atoms with Gasteiger partial charge in [-0.2, -0.15) is 0 Å². The fourth-order valence-corrected chi connectivity index (χ4v) is 7.70. The number of ether oxygens (including phenoxy) is 2. The summed E-state index contributed by atoms with van der Waals surface area (Å²) >= 11 is 2.78. The highest BCUT2D eigenvalue weighted by molar-refractivity contribution is 8.00. The first-order valence-electron chi connectivity index (χ1n) is 13.8. The lowest BCUT2D eigenvalue weighted by molar-refractivity contribution is -0.205. The van der Waals surface area contributed by atoms with E-state index in [4.69, 9.17) is 9.47 Å². The van der Waals surface area contributed by atoms with Crippen LogP contribution in [0.5, 0.6) is 0 Å². The van der Waals surface area contributed by atoms with Crippen LogP contribution in [0.4, 0.5) is 0 Å². The second-order valence-corrected chi connectivity index (χ2v) is 13.2. The number of benzene rings is 1. The quantitative estimate of drug-likeness (QED) is 0.259. The minimum Gasteiger partial charge on any atom is -0.388 e. The van der Waals surface area contributed by atoms with Crippen LogP contribution in [0.15, 0.2) is 60.0 Å². The van der Waals surface area contributed by atoms with Crippen LogP contribution in [0.3, 0.4) is 0 Å². The third kappa shape index (κ3) is 6.65. The lowest BCUT2D eigenvalue weighted by atomic mass is 9.92. The zero-order valence-electron chi connectivity index (χ0n) is 23.3. The zero-order valence-corrected chi connectivity index (χ0v) is 24.9. The number of carbonyl (C=O) groups is 1. The molecule has 4 heterocycles. The molecule has 12 heteroatoms. The van der Waals surface area contributed by atoms with E-state index in [0.717, 1.165) is 29.0 Å². The van der Waals surface area contributed by atoms with Gasteiger partial charge in [0, 0.05) is 40.6 Å². The number of aromatic nitrogens is 2. The molecule has 2 fully saturated rings.